The van der Waals surface area contributed by atoms with Crippen molar-refractivity contribution in [1.29, 1.82) is 0 Å². The van der Waals surface area contributed by atoms with Gasteiger partial charge in [-0.15, -0.1) is 0 Å². The number of nitrogens with zero attached hydrogens (tertiary/aromatic N) is 2. The number of halogens is 1. The van der Waals surface area contributed by atoms with Crippen LogP contribution in [0.25, 0.3) is 0 Å². The molecule has 1 aliphatic rings. The molecule has 0 aliphatic carbocycles. The molecule has 0 spiro atoms. The van der Waals surface area contributed by atoms with Crippen LogP contribution in [-0.4, -0.2) is 41.2 Å². The zero-order valence-electron chi connectivity index (χ0n) is 17.2. The molecule has 0 radical (unpaired) electrons. The van der Waals surface area contributed by atoms with Crippen LogP contribution >= 0.6 is 0 Å². The molecule has 2 aromatic rings. The molecule has 7 heteroatoms. The topological polar surface area (TPSA) is 69.7 Å². The molecule has 1 aliphatic heterocycles. The summed E-state index contributed by atoms with van der Waals surface area (Å²) in [6.07, 6.45) is 1.90. The SMILES string of the molecule is CCCC[C@@]1(c2ccc(F)cc2)NC(=O)N(CC(=O)N(C)Cc2ccccc2)C1=O. The first-order chi connectivity index (χ1) is 14.4. The fraction of sp³-hybridized carbons (Fsp3) is 0.348. The summed E-state index contributed by atoms with van der Waals surface area (Å²) in [6, 6.07) is 14.4. The summed E-state index contributed by atoms with van der Waals surface area (Å²) in [5, 5.41) is 2.78. The second-order valence-corrected chi connectivity index (χ2v) is 7.57. The summed E-state index contributed by atoms with van der Waals surface area (Å²) in [4.78, 5) is 41.1. The van der Waals surface area contributed by atoms with E-state index in [2.05, 4.69) is 5.32 Å². The molecule has 6 nitrogen and oxygen atoms in total. The van der Waals surface area contributed by atoms with Gasteiger partial charge >= 0.3 is 6.03 Å². The second-order valence-electron chi connectivity index (χ2n) is 7.57. The summed E-state index contributed by atoms with van der Waals surface area (Å²) in [5.74, 6) is -1.24. The van der Waals surface area contributed by atoms with Gasteiger partial charge < -0.3 is 10.2 Å². The first-order valence-corrected chi connectivity index (χ1v) is 10.1. The summed E-state index contributed by atoms with van der Waals surface area (Å²) < 4.78 is 13.4. The fourth-order valence-electron chi connectivity index (χ4n) is 3.66. The summed E-state index contributed by atoms with van der Waals surface area (Å²) >= 11 is 0. The summed E-state index contributed by atoms with van der Waals surface area (Å²) in [6.45, 7) is 2.02. The standard InChI is InChI=1S/C23H26FN3O3/c1-3-4-14-23(18-10-12-19(24)13-11-18)21(29)27(22(30)25-23)16-20(28)26(2)15-17-8-6-5-7-9-17/h5-13H,3-4,14-16H2,1-2H3,(H,25,30)/t23-/m0/s1. The predicted molar refractivity (Wildman–Crippen MR) is 111 cm³/mol. The molecule has 1 fully saturated rings. The molecular formula is C23H26FN3O3. The summed E-state index contributed by atoms with van der Waals surface area (Å²) in [5.41, 5.74) is 0.191. The van der Waals surface area contributed by atoms with E-state index in [1.165, 1.54) is 29.2 Å². The highest BCUT2D eigenvalue weighted by Crippen LogP contribution is 2.34. The van der Waals surface area contributed by atoms with Gasteiger partial charge in [-0.2, -0.15) is 0 Å². The summed E-state index contributed by atoms with van der Waals surface area (Å²) in [7, 11) is 1.64. The number of carbonyl (C=O) groups excluding carboxylic acids is 3. The molecule has 0 bridgehead atoms. The maximum Gasteiger partial charge on any atom is 0.325 e. The van der Waals surface area contributed by atoms with Crippen LogP contribution in [0.15, 0.2) is 54.6 Å². The number of urea groups is 1. The van der Waals surface area contributed by atoms with Crippen LogP contribution < -0.4 is 5.32 Å². The average Bonchev–Trinajstić information content (AvgIpc) is 2.98. The van der Waals surface area contributed by atoms with E-state index in [1.807, 2.05) is 37.3 Å². The lowest BCUT2D eigenvalue weighted by atomic mass is 9.85. The Kier molecular flexibility index (Phi) is 6.50. The van der Waals surface area contributed by atoms with E-state index in [9.17, 15) is 18.8 Å². The number of unbranched alkanes of at least 4 members (excludes halogenated alkanes) is 1. The van der Waals surface area contributed by atoms with Gasteiger partial charge in [-0.1, -0.05) is 62.2 Å². The number of benzene rings is 2. The number of carbonyl (C=O) groups is 3. The van der Waals surface area contributed by atoms with Gasteiger partial charge in [0.2, 0.25) is 5.91 Å². The Hall–Kier alpha value is -3.22. The molecule has 158 valence electrons. The minimum atomic E-state index is -1.28. The Morgan fingerprint density at radius 2 is 1.77 bits per heavy atom. The van der Waals surface area contributed by atoms with Crippen LogP contribution in [0.3, 0.4) is 0 Å². The lowest BCUT2D eigenvalue weighted by Gasteiger charge is -2.27. The van der Waals surface area contributed by atoms with Crippen molar-refractivity contribution in [3.63, 3.8) is 0 Å². The molecule has 0 aromatic heterocycles. The maximum atomic E-state index is 13.4. The molecule has 1 heterocycles. The van der Waals surface area contributed by atoms with Crippen molar-refractivity contribution < 1.29 is 18.8 Å². The zero-order valence-corrected chi connectivity index (χ0v) is 17.2. The molecule has 0 unspecified atom stereocenters. The minimum absolute atomic E-state index is 0.340. The third kappa shape index (κ3) is 4.35. The number of imide groups is 1. The van der Waals surface area contributed by atoms with Crippen LogP contribution in [0.5, 0.6) is 0 Å². The molecule has 1 atom stereocenters. The van der Waals surface area contributed by atoms with E-state index in [0.29, 0.717) is 24.9 Å². The average molecular weight is 411 g/mol. The Morgan fingerprint density at radius 1 is 1.10 bits per heavy atom. The number of likely N-dealkylation sites (N-methyl/N-ethyl adjacent to an activating group) is 1. The number of amides is 4. The van der Waals surface area contributed by atoms with Crippen molar-refractivity contribution in [2.75, 3.05) is 13.6 Å². The van der Waals surface area contributed by atoms with Crippen molar-refractivity contribution in [3.05, 3.63) is 71.5 Å². The van der Waals surface area contributed by atoms with Crippen molar-refractivity contribution in [2.45, 2.75) is 38.3 Å². The van der Waals surface area contributed by atoms with Gasteiger partial charge in [0.15, 0.2) is 0 Å². The van der Waals surface area contributed by atoms with E-state index < -0.39 is 23.3 Å². The van der Waals surface area contributed by atoms with Gasteiger partial charge in [-0.05, 0) is 29.7 Å². The van der Waals surface area contributed by atoms with Gasteiger partial charge in [0.05, 0.1) is 0 Å². The van der Waals surface area contributed by atoms with Crippen molar-refractivity contribution in [2.24, 2.45) is 0 Å². The second kappa shape index (κ2) is 9.07. The normalized spacial score (nSPS) is 18.4. The number of rotatable bonds is 8. The smallest absolute Gasteiger partial charge is 0.325 e. The van der Waals surface area contributed by atoms with Crippen LogP contribution in [0.1, 0.15) is 37.3 Å². The van der Waals surface area contributed by atoms with E-state index >= 15 is 0 Å². The molecule has 1 saturated heterocycles. The largest absolute Gasteiger partial charge is 0.340 e. The highest BCUT2D eigenvalue weighted by molar-refractivity contribution is 6.09. The third-order valence-corrected chi connectivity index (χ3v) is 5.40. The first kappa shape index (κ1) is 21.5. The highest BCUT2D eigenvalue weighted by Gasteiger charge is 2.52. The van der Waals surface area contributed by atoms with E-state index in [4.69, 9.17) is 0 Å². The molecule has 30 heavy (non-hydrogen) atoms. The molecule has 3 rings (SSSR count). The van der Waals surface area contributed by atoms with Crippen molar-refractivity contribution in [3.8, 4) is 0 Å². The van der Waals surface area contributed by atoms with Gasteiger partial charge in [-0.25, -0.2) is 9.18 Å². The first-order valence-electron chi connectivity index (χ1n) is 10.1. The lowest BCUT2D eigenvalue weighted by Crippen LogP contribution is -2.45. The molecule has 1 N–H and O–H groups in total. The third-order valence-electron chi connectivity index (χ3n) is 5.40. The Balaban J connectivity index is 1.79. The lowest BCUT2D eigenvalue weighted by molar-refractivity contribution is -0.139. The van der Waals surface area contributed by atoms with Crippen LogP contribution in [-0.2, 0) is 21.7 Å². The van der Waals surface area contributed by atoms with Gasteiger partial charge in [0.25, 0.3) is 5.91 Å². The zero-order chi connectivity index (χ0) is 21.7. The molecule has 0 saturated carbocycles. The van der Waals surface area contributed by atoms with Crippen molar-refractivity contribution >= 4 is 17.8 Å². The van der Waals surface area contributed by atoms with E-state index in [1.54, 1.807) is 7.05 Å². The fourth-order valence-corrected chi connectivity index (χ4v) is 3.66. The Labute approximate surface area is 175 Å². The molecule has 4 amide bonds. The Bertz CT molecular complexity index is 917. The maximum absolute atomic E-state index is 13.4. The van der Waals surface area contributed by atoms with E-state index in [0.717, 1.165) is 16.9 Å². The quantitative estimate of drug-likeness (QED) is 0.677. The van der Waals surface area contributed by atoms with E-state index in [-0.39, 0.29) is 12.5 Å². The van der Waals surface area contributed by atoms with Crippen LogP contribution in [0, 0.1) is 5.82 Å². The molecular weight excluding hydrogens is 385 g/mol. The van der Waals surface area contributed by atoms with Gasteiger partial charge in [0, 0.05) is 13.6 Å². The number of hydrogen-bond acceptors (Lipinski definition) is 3. The Morgan fingerprint density at radius 3 is 2.40 bits per heavy atom. The number of nitrogens with one attached hydrogen (secondary N) is 1. The number of hydrogen-bond donors (Lipinski definition) is 1. The van der Waals surface area contributed by atoms with Crippen LogP contribution in [0.2, 0.25) is 0 Å². The van der Waals surface area contributed by atoms with Crippen molar-refractivity contribution in [1.82, 2.24) is 15.1 Å². The predicted octanol–water partition coefficient (Wildman–Crippen LogP) is 3.42. The molecule has 2 aromatic carbocycles. The highest BCUT2D eigenvalue weighted by atomic mass is 19.1. The van der Waals surface area contributed by atoms with Gasteiger partial charge in [0.1, 0.15) is 17.9 Å². The van der Waals surface area contributed by atoms with Crippen LogP contribution in [0.4, 0.5) is 9.18 Å². The monoisotopic (exact) mass is 411 g/mol. The van der Waals surface area contributed by atoms with Gasteiger partial charge in [-0.3, -0.25) is 14.5 Å². The minimum Gasteiger partial charge on any atom is -0.340 e.